The number of anilines is 1. The molecule has 0 bridgehead atoms. The summed E-state index contributed by atoms with van der Waals surface area (Å²) in [5.74, 6) is -1.34. The Kier molecular flexibility index (Phi) is 3.75. The van der Waals surface area contributed by atoms with Crippen molar-refractivity contribution in [3.63, 3.8) is 0 Å². The van der Waals surface area contributed by atoms with Crippen LogP contribution in [-0.4, -0.2) is 26.0 Å². The number of rotatable bonds is 5. The van der Waals surface area contributed by atoms with Crippen LogP contribution in [0.15, 0.2) is 22.4 Å². The summed E-state index contributed by atoms with van der Waals surface area (Å²) in [6, 6.07) is 0.925. The first-order valence-electron chi connectivity index (χ1n) is 5.25. The molecule has 104 valence electrons. The first-order valence-corrected chi connectivity index (χ1v) is 6.13. The molecule has 2 heterocycles. The van der Waals surface area contributed by atoms with Gasteiger partial charge in [-0.05, 0) is 0 Å². The van der Waals surface area contributed by atoms with Crippen LogP contribution in [0.2, 0.25) is 0 Å². The highest BCUT2D eigenvalue weighted by atomic mass is 32.1. The molecule has 20 heavy (non-hydrogen) atoms. The summed E-state index contributed by atoms with van der Waals surface area (Å²) < 4.78 is 0. The lowest BCUT2D eigenvalue weighted by Crippen LogP contribution is -2.10. The minimum absolute atomic E-state index is 0.00449. The van der Waals surface area contributed by atoms with Crippen LogP contribution in [0.3, 0.4) is 0 Å². The second kappa shape index (κ2) is 5.48. The Bertz CT molecular complexity index is 722. The van der Waals surface area contributed by atoms with Crippen molar-refractivity contribution in [1.29, 1.82) is 0 Å². The molecule has 0 saturated carbocycles. The molecular weight excluding hydrogens is 288 g/mol. The smallest absolute Gasteiger partial charge is 0.339 e. The van der Waals surface area contributed by atoms with Gasteiger partial charge in [0.05, 0.1) is 11.5 Å². The van der Waals surface area contributed by atoms with E-state index in [0.717, 1.165) is 23.6 Å². The number of hydrogen-bond acceptors (Lipinski definition) is 7. The fourth-order valence-corrected chi connectivity index (χ4v) is 2.02. The van der Waals surface area contributed by atoms with E-state index in [1.54, 1.807) is 5.38 Å². The van der Waals surface area contributed by atoms with E-state index in [4.69, 9.17) is 5.11 Å². The number of aromatic nitrogens is 2. The predicted octanol–water partition coefficient (Wildman–Crippen LogP) is 1.05. The number of aromatic carboxylic acids is 1. The van der Waals surface area contributed by atoms with E-state index in [0.29, 0.717) is 5.69 Å². The van der Waals surface area contributed by atoms with Crippen molar-refractivity contribution >= 4 is 28.8 Å². The summed E-state index contributed by atoms with van der Waals surface area (Å²) in [4.78, 5) is 37.9. The van der Waals surface area contributed by atoms with Crippen LogP contribution in [0.25, 0.3) is 0 Å². The van der Waals surface area contributed by atoms with Crippen LogP contribution in [0, 0.1) is 10.1 Å². The minimum atomic E-state index is -1.33. The van der Waals surface area contributed by atoms with Gasteiger partial charge in [-0.25, -0.2) is 9.78 Å². The SMILES string of the molecule is O=C(O)c1cc([N+](=O)[O-])cnc1NCc1csc(=O)[nH]1. The summed E-state index contributed by atoms with van der Waals surface area (Å²) >= 11 is 0.979. The molecule has 2 rings (SSSR count). The number of carbonyl (C=O) groups is 1. The van der Waals surface area contributed by atoms with Gasteiger partial charge >= 0.3 is 10.8 Å². The topological polar surface area (TPSA) is 138 Å². The van der Waals surface area contributed by atoms with E-state index in [1.165, 1.54) is 0 Å². The van der Waals surface area contributed by atoms with Gasteiger partial charge in [-0.15, -0.1) is 0 Å². The van der Waals surface area contributed by atoms with E-state index in [9.17, 15) is 19.7 Å². The molecule has 0 aliphatic rings. The van der Waals surface area contributed by atoms with Crippen molar-refractivity contribution in [1.82, 2.24) is 9.97 Å². The Morgan fingerprint density at radius 1 is 1.60 bits per heavy atom. The Hall–Kier alpha value is -2.75. The molecule has 0 fully saturated rings. The molecule has 0 unspecified atom stereocenters. The highest BCUT2D eigenvalue weighted by molar-refractivity contribution is 7.07. The molecule has 0 aliphatic carbocycles. The van der Waals surface area contributed by atoms with E-state index < -0.39 is 16.6 Å². The number of hydrogen-bond donors (Lipinski definition) is 3. The van der Waals surface area contributed by atoms with Crippen molar-refractivity contribution in [2.45, 2.75) is 6.54 Å². The van der Waals surface area contributed by atoms with Crippen LogP contribution >= 0.6 is 11.3 Å². The lowest BCUT2D eigenvalue weighted by Gasteiger charge is -2.06. The monoisotopic (exact) mass is 296 g/mol. The van der Waals surface area contributed by atoms with Crippen LogP contribution in [-0.2, 0) is 6.54 Å². The maximum absolute atomic E-state index is 11.1. The predicted molar refractivity (Wildman–Crippen MR) is 70.1 cm³/mol. The quantitative estimate of drug-likeness (QED) is 0.553. The molecule has 0 aliphatic heterocycles. The molecule has 0 amide bonds. The Morgan fingerprint density at radius 3 is 2.90 bits per heavy atom. The van der Waals surface area contributed by atoms with Crippen LogP contribution < -0.4 is 10.2 Å². The molecule has 0 radical (unpaired) electrons. The lowest BCUT2D eigenvalue weighted by atomic mass is 10.2. The van der Waals surface area contributed by atoms with Gasteiger partial charge in [0.15, 0.2) is 0 Å². The summed E-state index contributed by atoms with van der Waals surface area (Å²) in [7, 11) is 0. The lowest BCUT2D eigenvalue weighted by molar-refractivity contribution is -0.385. The van der Waals surface area contributed by atoms with E-state index in [1.807, 2.05) is 0 Å². The van der Waals surface area contributed by atoms with E-state index in [-0.39, 0.29) is 22.8 Å². The second-order valence-corrected chi connectivity index (χ2v) is 4.52. The summed E-state index contributed by atoms with van der Waals surface area (Å²) in [6.45, 7) is 0.157. The first-order chi connectivity index (χ1) is 9.47. The van der Waals surface area contributed by atoms with Crippen LogP contribution in [0.1, 0.15) is 16.1 Å². The zero-order valence-corrected chi connectivity index (χ0v) is 10.6. The molecule has 10 heteroatoms. The average Bonchev–Trinajstić information content (AvgIpc) is 2.81. The molecular formula is C10H8N4O5S. The Morgan fingerprint density at radius 2 is 2.35 bits per heavy atom. The summed E-state index contributed by atoms with van der Waals surface area (Å²) in [5.41, 5.74) is -0.148. The molecule has 2 aromatic rings. The van der Waals surface area contributed by atoms with Gasteiger partial charge in [-0.2, -0.15) is 0 Å². The third kappa shape index (κ3) is 2.98. The minimum Gasteiger partial charge on any atom is -0.478 e. The zero-order valence-electron chi connectivity index (χ0n) is 9.82. The zero-order chi connectivity index (χ0) is 14.7. The number of pyridine rings is 1. The molecule has 9 nitrogen and oxygen atoms in total. The number of nitrogens with zero attached hydrogens (tertiary/aromatic N) is 2. The van der Waals surface area contributed by atoms with Gasteiger partial charge < -0.3 is 15.4 Å². The van der Waals surface area contributed by atoms with Gasteiger partial charge in [0.1, 0.15) is 17.6 Å². The maximum Gasteiger partial charge on any atom is 0.339 e. The van der Waals surface area contributed by atoms with Gasteiger partial charge in [-0.1, -0.05) is 11.3 Å². The highest BCUT2D eigenvalue weighted by Crippen LogP contribution is 2.19. The van der Waals surface area contributed by atoms with Crippen LogP contribution in [0.5, 0.6) is 0 Å². The fraction of sp³-hybridized carbons (Fsp3) is 0.100. The third-order valence-electron chi connectivity index (χ3n) is 2.33. The van der Waals surface area contributed by atoms with Crippen molar-refractivity contribution in [3.05, 3.63) is 48.7 Å². The third-order valence-corrected chi connectivity index (χ3v) is 3.05. The molecule has 3 N–H and O–H groups in total. The number of nitro groups is 1. The van der Waals surface area contributed by atoms with Crippen LogP contribution in [0.4, 0.5) is 11.5 Å². The molecule has 0 atom stereocenters. The standard InChI is InChI=1S/C10H8N4O5S/c15-9(16)7-1-6(14(18)19)3-12-8(7)11-2-5-4-20-10(17)13-5/h1,3-4H,2H2,(H,11,12)(H,13,17)(H,15,16). The molecule has 0 aromatic carbocycles. The second-order valence-electron chi connectivity index (χ2n) is 3.68. The van der Waals surface area contributed by atoms with E-state index in [2.05, 4.69) is 15.3 Å². The summed E-state index contributed by atoms with van der Waals surface area (Å²) in [6.07, 6.45) is 0.963. The largest absolute Gasteiger partial charge is 0.478 e. The summed E-state index contributed by atoms with van der Waals surface area (Å²) in [5, 5.41) is 23.9. The first kappa shape index (κ1) is 13.7. The normalized spacial score (nSPS) is 10.2. The number of H-pyrrole nitrogens is 1. The van der Waals surface area contributed by atoms with Crippen molar-refractivity contribution < 1.29 is 14.8 Å². The Labute approximate surface area is 115 Å². The highest BCUT2D eigenvalue weighted by Gasteiger charge is 2.17. The van der Waals surface area contributed by atoms with E-state index >= 15 is 0 Å². The number of carboxylic acid groups (broad SMARTS) is 1. The Balaban J connectivity index is 2.24. The van der Waals surface area contributed by atoms with Gasteiger partial charge in [0, 0.05) is 17.1 Å². The molecule has 0 spiro atoms. The van der Waals surface area contributed by atoms with Gasteiger partial charge in [-0.3, -0.25) is 14.9 Å². The number of carboxylic acids is 1. The maximum atomic E-state index is 11.1. The van der Waals surface area contributed by atoms with Gasteiger partial charge in [0.2, 0.25) is 0 Å². The van der Waals surface area contributed by atoms with Crippen molar-refractivity contribution in [3.8, 4) is 0 Å². The van der Waals surface area contributed by atoms with Gasteiger partial charge in [0.25, 0.3) is 5.69 Å². The average molecular weight is 296 g/mol. The molecule has 0 saturated heterocycles. The molecule has 2 aromatic heterocycles. The number of thiazole rings is 1. The fourth-order valence-electron chi connectivity index (χ4n) is 1.44. The number of aromatic amines is 1. The number of nitrogens with one attached hydrogen (secondary N) is 2. The van der Waals surface area contributed by atoms with Crippen molar-refractivity contribution in [2.24, 2.45) is 0 Å². The van der Waals surface area contributed by atoms with Crippen molar-refractivity contribution in [2.75, 3.05) is 5.32 Å².